The van der Waals surface area contributed by atoms with Gasteiger partial charge >= 0.3 is 0 Å². The summed E-state index contributed by atoms with van der Waals surface area (Å²) in [4.78, 5) is 0. The molecule has 108 valence electrons. The fraction of sp³-hybridized carbons (Fsp3) is 0.667. The fourth-order valence-electron chi connectivity index (χ4n) is 5.41. The maximum absolute atomic E-state index is 9.79. The van der Waals surface area contributed by atoms with Crippen molar-refractivity contribution < 1.29 is 5.11 Å². The smallest absolute Gasteiger partial charge is 0.0928 e. The molecule has 0 heterocycles. The van der Waals surface area contributed by atoms with Crippen LogP contribution in [0, 0.1) is 23.2 Å². The van der Waals surface area contributed by atoms with Crippen molar-refractivity contribution >= 4 is 22.6 Å². The van der Waals surface area contributed by atoms with E-state index in [-0.39, 0.29) is 0 Å². The van der Waals surface area contributed by atoms with Crippen molar-refractivity contribution in [3.05, 3.63) is 32.6 Å². The van der Waals surface area contributed by atoms with Crippen LogP contribution in [0.25, 0.3) is 0 Å². The van der Waals surface area contributed by atoms with Crippen molar-refractivity contribution in [2.45, 2.75) is 51.9 Å². The Morgan fingerprint density at radius 1 is 1.25 bits per heavy atom. The number of aliphatic hydroxyl groups excluding tert-OH is 1. The van der Waals surface area contributed by atoms with Crippen molar-refractivity contribution in [2.75, 3.05) is 0 Å². The largest absolute Gasteiger partial charge is 0.512 e. The summed E-state index contributed by atoms with van der Waals surface area (Å²) in [6, 6.07) is 0. The quantitative estimate of drug-likeness (QED) is 0.534. The van der Waals surface area contributed by atoms with E-state index in [1.165, 1.54) is 37.7 Å². The van der Waals surface area contributed by atoms with Gasteiger partial charge in [0.25, 0.3) is 0 Å². The number of hydrogen-bond acceptors (Lipinski definition) is 1. The minimum atomic E-state index is 0.479. The summed E-state index contributed by atoms with van der Waals surface area (Å²) in [5, 5.41) is 9.79. The third-order valence-electron chi connectivity index (χ3n) is 6.52. The molecule has 4 aliphatic rings. The van der Waals surface area contributed by atoms with Gasteiger partial charge in [-0.25, -0.2) is 0 Å². The van der Waals surface area contributed by atoms with E-state index in [0.717, 1.165) is 30.6 Å². The van der Waals surface area contributed by atoms with Crippen molar-refractivity contribution in [3.63, 3.8) is 0 Å². The Hall–Kier alpha value is -0.250. The summed E-state index contributed by atoms with van der Waals surface area (Å²) in [6.45, 7) is 2.51. The summed E-state index contributed by atoms with van der Waals surface area (Å²) in [5.74, 6) is 3.20. The Balaban J connectivity index is 1.68. The van der Waals surface area contributed by atoms with Crippen LogP contribution in [0.5, 0.6) is 0 Å². The topological polar surface area (TPSA) is 20.2 Å². The van der Waals surface area contributed by atoms with E-state index in [4.69, 9.17) is 0 Å². The highest BCUT2D eigenvalue weighted by molar-refractivity contribution is 14.1. The minimum absolute atomic E-state index is 0.479. The molecule has 1 N–H and O–H groups in total. The van der Waals surface area contributed by atoms with E-state index < -0.39 is 0 Å². The van der Waals surface area contributed by atoms with E-state index in [1.54, 1.807) is 9.15 Å². The molecule has 2 heteroatoms. The van der Waals surface area contributed by atoms with E-state index in [9.17, 15) is 5.11 Å². The molecule has 4 unspecified atom stereocenters. The molecule has 0 aromatic rings. The lowest BCUT2D eigenvalue weighted by molar-refractivity contribution is 0.0621. The number of hydrogen-bond donors (Lipinski definition) is 1. The molecule has 0 aromatic heterocycles. The molecule has 4 atom stereocenters. The van der Waals surface area contributed by atoms with Crippen molar-refractivity contribution in [1.82, 2.24) is 0 Å². The molecule has 0 radical (unpaired) electrons. The Bertz CT molecular complexity index is 542. The molecule has 0 spiro atoms. The van der Waals surface area contributed by atoms with Crippen LogP contribution in [-0.2, 0) is 0 Å². The van der Waals surface area contributed by atoms with Gasteiger partial charge in [-0.2, -0.15) is 0 Å². The lowest BCUT2D eigenvalue weighted by Gasteiger charge is -2.50. The van der Waals surface area contributed by atoms with Crippen LogP contribution in [0.1, 0.15) is 51.9 Å². The van der Waals surface area contributed by atoms with E-state index in [2.05, 4.69) is 41.7 Å². The van der Waals surface area contributed by atoms with Gasteiger partial charge in [0.1, 0.15) is 0 Å². The molecule has 0 aromatic carbocycles. The van der Waals surface area contributed by atoms with E-state index in [0.29, 0.717) is 11.2 Å². The van der Waals surface area contributed by atoms with Crippen LogP contribution in [0.4, 0.5) is 0 Å². The van der Waals surface area contributed by atoms with Crippen molar-refractivity contribution in [3.8, 4) is 0 Å². The van der Waals surface area contributed by atoms with Gasteiger partial charge in [0.05, 0.1) is 5.76 Å². The van der Waals surface area contributed by atoms with E-state index >= 15 is 0 Å². The van der Waals surface area contributed by atoms with Crippen LogP contribution in [-0.4, -0.2) is 5.11 Å². The molecule has 0 aliphatic heterocycles. The van der Waals surface area contributed by atoms with Gasteiger partial charge in [0, 0.05) is 11.8 Å². The first kappa shape index (κ1) is 13.4. The first-order valence-electron chi connectivity index (χ1n) is 8.07. The predicted octanol–water partition coefficient (Wildman–Crippen LogP) is 5.68. The second-order valence-corrected chi connectivity index (χ2v) is 8.51. The van der Waals surface area contributed by atoms with Gasteiger partial charge in [-0.3, -0.25) is 0 Å². The maximum Gasteiger partial charge on any atom is 0.0928 e. The third-order valence-corrected chi connectivity index (χ3v) is 8.19. The Morgan fingerprint density at radius 3 is 2.95 bits per heavy atom. The molecule has 20 heavy (non-hydrogen) atoms. The average Bonchev–Trinajstić information content (AvgIpc) is 2.74. The Morgan fingerprint density at radius 2 is 2.10 bits per heavy atom. The minimum Gasteiger partial charge on any atom is -0.512 e. The van der Waals surface area contributed by atoms with Gasteiger partial charge in [0.2, 0.25) is 0 Å². The van der Waals surface area contributed by atoms with Crippen LogP contribution >= 0.6 is 22.6 Å². The summed E-state index contributed by atoms with van der Waals surface area (Å²) in [7, 11) is 0. The summed E-state index contributed by atoms with van der Waals surface area (Å²) < 4.78 is 1.62. The number of halogens is 1. The molecule has 1 saturated carbocycles. The SMILES string of the molecule is CC12CCC3C4=C(C=C(O)CC4)CCC3C1CC=C2I. The zero-order chi connectivity index (χ0) is 13.9. The molecule has 0 saturated heterocycles. The monoisotopic (exact) mass is 382 g/mol. The highest BCUT2D eigenvalue weighted by Crippen LogP contribution is 2.62. The lowest BCUT2D eigenvalue weighted by atomic mass is 9.55. The van der Waals surface area contributed by atoms with Gasteiger partial charge < -0.3 is 5.11 Å². The van der Waals surface area contributed by atoms with Crippen LogP contribution in [0.15, 0.2) is 32.6 Å². The van der Waals surface area contributed by atoms with Gasteiger partial charge in [0.15, 0.2) is 0 Å². The lowest BCUT2D eigenvalue weighted by Crippen LogP contribution is -2.42. The molecule has 1 nitrogen and oxygen atoms in total. The van der Waals surface area contributed by atoms with Crippen molar-refractivity contribution in [1.29, 1.82) is 0 Å². The van der Waals surface area contributed by atoms with Crippen LogP contribution in [0.3, 0.4) is 0 Å². The van der Waals surface area contributed by atoms with Crippen LogP contribution < -0.4 is 0 Å². The second kappa shape index (κ2) is 4.62. The fourth-order valence-corrected chi connectivity index (χ4v) is 6.33. The van der Waals surface area contributed by atoms with E-state index in [1.807, 2.05) is 0 Å². The van der Waals surface area contributed by atoms with Gasteiger partial charge in [-0.05, 0) is 94.1 Å². The third kappa shape index (κ3) is 1.79. The van der Waals surface area contributed by atoms with Crippen molar-refractivity contribution in [2.24, 2.45) is 23.2 Å². The highest BCUT2D eigenvalue weighted by Gasteiger charge is 2.51. The van der Waals surface area contributed by atoms with Gasteiger partial charge in [-0.1, -0.05) is 18.6 Å². The number of rotatable bonds is 0. The second-order valence-electron chi connectivity index (χ2n) is 7.35. The molecule has 4 rings (SSSR count). The predicted molar refractivity (Wildman–Crippen MR) is 90.7 cm³/mol. The Labute approximate surface area is 135 Å². The van der Waals surface area contributed by atoms with Crippen LogP contribution in [0.2, 0.25) is 0 Å². The average molecular weight is 382 g/mol. The molecule has 0 amide bonds. The standard InChI is InChI=1S/C18H23IO/c1-18-9-8-14-13-5-3-12(20)10-11(13)2-4-15(14)16(18)6-7-17(18)19/h7,10,14-16,20H,2-6,8-9H2,1H3. The Kier molecular flexibility index (Phi) is 3.10. The first-order chi connectivity index (χ1) is 9.59. The normalized spacial score (nSPS) is 43.4. The summed E-state index contributed by atoms with van der Waals surface area (Å²) in [6.07, 6.45) is 13.1. The number of fused-ring (bicyclic) bond motifs is 4. The molecular formula is C18H23IO. The number of aliphatic hydroxyl groups is 1. The summed E-state index contributed by atoms with van der Waals surface area (Å²) in [5.41, 5.74) is 3.68. The summed E-state index contributed by atoms with van der Waals surface area (Å²) >= 11 is 2.59. The molecule has 4 aliphatic carbocycles. The molecule has 0 bridgehead atoms. The zero-order valence-corrected chi connectivity index (χ0v) is 14.3. The first-order valence-corrected chi connectivity index (χ1v) is 9.15. The highest BCUT2D eigenvalue weighted by atomic mass is 127. The maximum atomic E-state index is 9.79. The zero-order valence-electron chi connectivity index (χ0n) is 12.2. The molecule has 1 fully saturated rings. The molecular weight excluding hydrogens is 359 g/mol. The van der Waals surface area contributed by atoms with Gasteiger partial charge in [-0.15, -0.1) is 0 Å². The number of allylic oxidation sites excluding steroid dienone is 6.